The van der Waals surface area contributed by atoms with E-state index >= 15 is 0 Å². The molecule has 1 amide bonds. The molecule has 6 nitrogen and oxygen atoms in total. The molecule has 0 spiro atoms. The third-order valence-electron chi connectivity index (χ3n) is 3.61. The summed E-state index contributed by atoms with van der Waals surface area (Å²) in [7, 11) is 0. The van der Waals surface area contributed by atoms with Crippen molar-refractivity contribution in [1.29, 1.82) is 0 Å². The predicted molar refractivity (Wildman–Crippen MR) is 93.5 cm³/mol. The molecule has 0 atom stereocenters. The van der Waals surface area contributed by atoms with Gasteiger partial charge in [-0.15, -0.1) is 0 Å². The Balaban J connectivity index is 1.86. The van der Waals surface area contributed by atoms with E-state index in [0.29, 0.717) is 23.6 Å². The first-order chi connectivity index (χ1) is 11.6. The summed E-state index contributed by atoms with van der Waals surface area (Å²) in [5, 5.41) is 8.09. The van der Waals surface area contributed by atoms with E-state index in [9.17, 15) is 4.79 Å². The Morgan fingerprint density at radius 1 is 1.29 bits per heavy atom. The van der Waals surface area contributed by atoms with Crippen LogP contribution in [0.2, 0.25) is 0 Å². The second-order valence-corrected chi connectivity index (χ2v) is 5.70. The lowest BCUT2D eigenvalue weighted by Gasteiger charge is -2.10. The van der Waals surface area contributed by atoms with Crippen LogP contribution < -0.4 is 10.1 Å². The number of anilines is 1. The first-order valence-corrected chi connectivity index (χ1v) is 7.96. The standard InChI is InChI=1S/C18H20N4O2/c1-4-24-16-8-6-5-7-15(16)18(23)21-14-9-13-10-20-22(12(2)3)17(13)19-11-14/h5-12H,4H2,1-3H3,(H,21,23). The largest absolute Gasteiger partial charge is 0.493 e. The number of fused-ring (bicyclic) bond motifs is 1. The first kappa shape index (κ1) is 16.0. The van der Waals surface area contributed by atoms with Crippen molar-refractivity contribution in [3.05, 3.63) is 48.3 Å². The SMILES string of the molecule is CCOc1ccccc1C(=O)Nc1cnc2c(cnn2C(C)C)c1. The maximum Gasteiger partial charge on any atom is 0.259 e. The molecule has 0 aliphatic carbocycles. The predicted octanol–water partition coefficient (Wildman–Crippen LogP) is 3.66. The van der Waals surface area contributed by atoms with Crippen molar-refractivity contribution in [2.45, 2.75) is 26.8 Å². The Bertz CT molecular complexity index is 870. The molecule has 0 saturated carbocycles. The van der Waals surface area contributed by atoms with Crippen LogP contribution in [0.5, 0.6) is 5.75 Å². The summed E-state index contributed by atoms with van der Waals surface area (Å²) in [6, 6.07) is 9.28. The molecule has 0 aliphatic rings. The fourth-order valence-corrected chi connectivity index (χ4v) is 2.52. The van der Waals surface area contributed by atoms with Gasteiger partial charge in [-0.1, -0.05) is 12.1 Å². The number of hydrogen-bond donors (Lipinski definition) is 1. The summed E-state index contributed by atoms with van der Waals surface area (Å²) in [6.07, 6.45) is 3.40. The zero-order valence-electron chi connectivity index (χ0n) is 14.0. The van der Waals surface area contributed by atoms with Crippen LogP contribution in [0.4, 0.5) is 5.69 Å². The van der Waals surface area contributed by atoms with E-state index < -0.39 is 0 Å². The third-order valence-corrected chi connectivity index (χ3v) is 3.61. The molecule has 0 bridgehead atoms. The average Bonchev–Trinajstić information content (AvgIpc) is 2.99. The summed E-state index contributed by atoms with van der Waals surface area (Å²) in [4.78, 5) is 16.9. The monoisotopic (exact) mass is 324 g/mol. The van der Waals surface area contributed by atoms with E-state index in [1.807, 2.05) is 29.8 Å². The van der Waals surface area contributed by atoms with Crippen molar-refractivity contribution in [1.82, 2.24) is 14.8 Å². The fourth-order valence-electron chi connectivity index (χ4n) is 2.52. The van der Waals surface area contributed by atoms with E-state index in [0.717, 1.165) is 11.0 Å². The van der Waals surface area contributed by atoms with Gasteiger partial charge >= 0.3 is 0 Å². The average molecular weight is 324 g/mol. The topological polar surface area (TPSA) is 69.0 Å². The minimum absolute atomic E-state index is 0.226. The van der Waals surface area contributed by atoms with Gasteiger partial charge in [0.25, 0.3) is 5.91 Å². The highest BCUT2D eigenvalue weighted by molar-refractivity contribution is 6.06. The smallest absolute Gasteiger partial charge is 0.259 e. The molecule has 6 heteroatoms. The number of amides is 1. The molecular formula is C18H20N4O2. The van der Waals surface area contributed by atoms with Gasteiger partial charge in [-0.25, -0.2) is 9.67 Å². The van der Waals surface area contributed by atoms with Crippen molar-refractivity contribution in [3.8, 4) is 5.75 Å². The summed E-state index contributed by atoms with van der Waals surface area (Å²) < 4.78 is 7.36. The Morgan fingerprint density at radius 2 is 2.08 bits per heavy atom. The number of carbonyl (C=O) groups excluding carboxylic acids is 1. The Labute approximate surface area is 140 Å². The summed E-state index contributed by atoms with van der Waals surface area (Å²) in [6.45, 7) is 6.49. The van der Waals surface area contributed by atoms with Crippen LogP contribution in [-0.4, -0.2) is 27.3 Å². The molecule has 0 fully saturated rings. The lowest BCUT2D eigenvalue weighted by molar-refractivity contribution is 0.102. The molecule has 24 heavy (non-hydrogen) atoms. The second-order valence-electron chi connectivity index (χ2n) is 5.70. The first-order valence-electron chi connectivity index (χ1n) is 7.96. The zero-order chi connectivity index (χ0) is 17.1. The maximum atomic E-state index is 12.5. The second kappa shape index (κ2) is 6.70. The number of nitrogens with zero attached hydrogens (tertiary/aromatic N) is 3. The fraction of sp³-hybridized carbons (Fsp3) is 0.278. The minimum atomic E-state index is -0.226. The highest BCUT2D eigenvalue weighted by Crippen LogP contribution is 2.22. The van der Waals surface area contributed by atoms with E-state index in [-0.39, 0.29) is 11.9 Å². The number of para-hydroxylation sites is 1. The Kier molecular flexibility index (Phi) is 4.46. The number of carbonyl (C=O) groups is 1. The van der Waals surface area contributed by atoms with E-state index in [1.165, 1.54) is 0 Å². The van der Waals surface area contributed by atoms with Gasteiger partial charge in [-0.2, -0.15) is 5.10 Å². The molecule has 2 aromatic heterocycles. The van der Waals surface area contributed by atoms with E-state index in [2.05, 4.69) is 29.2 Å². The van der Waals surface area contributed by atoms with Crippen LogP contribution in [0.25, 0.3) is 11.0 Å². The van der Waals surface area contributed by atoms with Gasteiger partial charge in [-0.3, -0.25) is 4.79 Å². The lowest BCUT2D eigenvalue weighted by atomic mass is 10.2. The molecule has 3 rings (SSSR count). The number of hydrogen-bond acceptors (Lipinski definition) is 4. The molecule has 3 aromatic rings. The highest BCUT2D eigenvalue weighted by Gasteiger charge is 2.13. The summed E-state index contributed by atoms with van der Waals surface area (Å²) in [5.74, 6) is 0.343. The van der Waals surface area contributed by atoms with Gasteiger partial charge < -0.3 is 10.1 Å². The molecule has 124 valence electrons. The molecule has 0 unspecified atom stereocenters. The van der Waals surface area contributed by atoms with Crippen molar-refractivity contribution >= 4 is 22.6 Å². The van der Waals surface area contributed by atoms with Gasteiger partial charge in [0.05, 0.1) is 30.3 Å². The third kappa shape index (κ3) is 3.08. The van der Waals surface area contributed by atoms with Crippen molar-refractivity contribution < 1.29 is 9.53 Å². The van der Waals surface area contributed by atoms with Gasteiger partial charge in [0.1, 0.15) is 5.75 Å². The summed E-state index contributed by atoms with van der Waals surface area (Å²) in [5.41, 5.74) is 1.93. The molecule has 0 saturated heterocycles. The number of nitrogens with one attached hydrogen (secondary N) is 1. The number of rotatable bonds is 5. The lowest BCUT2D eigenvalue weighted by Crippen LogP contribution is -2.14. The molecule has 1 N–H and O–H groups in total. The van der Waals surface area contributed by atoms with E-state index in [4.69, 9.17) is 4.74 Å². The number of aromatic nitrogens is 3. The van der Waals surface area contributed by atoms with Crippen LogP contribution in [0.1, 0.15) is 37.2 Å². The van der Waals surface area contributed by atoms with E-state index in [1.54, 1.807) is 24.5 Å². The van der Waals surface area contributed by atoms with Crippen molar-refractivity contribution in [3.63, 3.8) is 0 Å². The number of pyridine rings is 1. The van der Waals surface area contributed by atoms with Crippen LogP contribution >= 0.6 is 0 Å². The molecule has 0 aliphatic heterocycles. The van der Waals surface area contributed by atoms with Crippen molar-refractivity contribution in [2.75, 3.05) is 11.9 Å². The Hall–Kier alpha value is -2.89. The molecule has 1 aromatic carbocycles. The number of ether oxygens (including phenoxy) is 1. The molecular weight excluding hydrogens is 304 g/mol. The zero-order valence-corrected chi connectivity index (χ0v) is 14.0. The van der Waals surface area contributed by atoms with Crippen molar-refractivity contribution in [2.24, 2.45) is 0 Å². The highest BCUT2D eigenvalue weighted by atomic mass is 16.5. The van der Waals surface area contributed by atoms with Gasteiger partial charge in [-0.05, 0) is 39.0 Å². The van der Waals surface area contributed by atoms with Crippen LogP contribution in [0.15, 0.2) is 42.7 Å². The van der Waals surface area contributed by atoms with Gasteiger partial charge in [0.2, 0.25) is 0 Å². The quantitative estimate of drug-likeness (QED) is 0.777. The van der Waals surface area contributed by atoms with Gasteiger partial charge in [0.15, 0.2) is 5.65 Å². The normalized spacial score (nSPS) is 11.0. The molecule has 2 heterocycles. The number of benzene rings is 1. The minimum Gasteiger partial charge on any atom is -0.493 e. The molecule has 0 radical (unpaired) electrons. The van der Waals surface area contributed by atoms with Crippen LogP contribution in [0, 0.1) is 0 Å². The van der Waals surface area contributed by atoms with Gasteiger partial charge in [0, 0.05) is 11.4 Å². The summed E-state index contributed by atoms with van der Waals surface area (Å²) >= 11 is 0. The van der Waals surface area contributed by atoms with Crippen LogP contribution in [0.3, 0.4) is 0 Å². The maximum absolute atomic E-state index is 12.5. The Morgan fingerprint density at radius 3 is 2.83 bits per heavy atom. The van der Waals surface area contributed by atoms with Crippen LogP contribution in [-0.2, 0) is 0 Å².